The van der Waals surface area contributed by atoms with E-state index in [1.165, 1.54) is 12.8 Å². The maximum absolute atomic E-state index is 5.62. The zero-order chi connectivity index (χ0) is 13.8. The topological polar surface area (TPSA) is 56.3 Å². The van der Waals surface area contributed by atoms with Gasteiger partial charge in [-0.05, 0) is 43.2 Å². The molecule has 20 heavy (non-hydrogen) atoms. The van der Waals surface area contributed by atoms with Crippen LogP contribution in [0.1, 0.15) is 18.5 Å². The first-order chi connectivity index (χ1) is 9.83. The molecule has 1 aliphatic rings. The SMILES string of the molecule is COc1ccc(Oc2ccc(CNC3CC3)nn2)cc1. The zero-order valence-corrected chi connectivity index (χ0v) is 11.4. The number of hydrogen-bond donors (Lipinski definition) is 1. The summed E-state index contributed by atoms with van der Waals surface area (Å²) in [6.45, 7) is 0.764. The van der Waals surface area contributed by atoms with Crippen LogP contribution in [0.4, 0.5) is 0 Å². The molecule has 1 fully saturated rings. The first-order valence-corrected chi connectivity index (χ1v) is 6.71. The van der Waals surface area contributed by atoms with Gasteiger partial charge in [0.1, 0.15) is 11.5 Å². The zero-order valence-electron chi connectivity index (χ0n) is 11.4. The molecule has 2 aromatic rings. The number of benzene rings is 1. The predicted octanol–water partition coefficient (Wildman–Crippen LogP) is 2.53. The summed E-state index contributed by atoms with van der Waals surface area (Å²) in [4.78, 5) is 0. The largest absolute Gasteiger partial charge is 0.497 e. The van der Waals surface area contributed by atoms with Gasteiger partial charge in [0, 0.05) is 18.7 Å². The third-order valence-corrected chi connectivity index (χ3v) is 3.13. The molecule has 0 amide bonds. The Hall–Kier alpha value is -2.14. The van der Waals surface area contributed by atoms with Crippen molar-refractivity contribution in [1.29, 1.82) is 0 Å². The highest BCUT2D eigenvalue weighted by Gasteiger charge is 2.20. The van der Waals surface area contributed by atoms with Gasteiger partial charge in [-0.15, -0.1) is 5.10 Å². The lowest BCUT2D eigenvalue weighted by atomic mass is 10.3. The molecule has 1 aromatic carbocycles. The Morgan fingerprint density at radius 1 is 1.05 bits per heavy atom. The molecule has 0 atom stereocenters. The lowest BCUT2D eigenvalue weighted by Crippen LogP contribution is -2.16. The van der Waals surface area contributed by atoms with E-state index in [-0.39, 0.29) is 0 Å². The fraction of sp³-hybridized carbons (Fsp3) is 0.333. The standard InChI is InChI=1S/C15H17N3O2/c1-19-13-5-7-14(8-6-13)20-15-9-4-12(17-18-15)10-16-11-2-3-11/h4-9,11,16H,2-3,10H2,1H3. The molecule has 0 unspecified atom stereocenters. The summed E-state index contributed by atoms with van der Waals surface area (Å²) in [6, 6.07) is 11.8. The second-order valence-electron chi connectivity index (χ2n) is 4.80. The highest BCUT2D eigenvalue weighted by molar-refractivity contribution is 5.33. The van der Waals surface area contributed by atoms with E-state index in [4.69, 9.17) is 9.47 Å². The molecule has 3 rings (SSSR count). The van der Waals surface area contributed by atoms with E-state index in [0.717, 1.165) is 18.0 Å². The van der Waals surface area contributed by atoms with Gasteiger partial charge in [0.2, 0.25) is 5.88 Å². The Kier molecular flexibility index (Phi) is 3.78. The van der Waals surface area contributed by atoms with Crippen molar-refractivity contribution in [3.63, 3.8) is 0 Å². The maximum atomic E-state index is 5.62. The molecule has 0 spiro atoms. The van der Waals surface area contributed by atoms with Gasteiger partial charge >= 0.3 is 0 Å². The summed E-state index contributed by atoms with van der Waals surface area (Å²) in [7, 11) is 1.63. The molecule has 1 aliphatic carbocycles. The minimum Gasteiger partial charge on any atom is -0.497 e. The fourth-order valence-electron chi connectivity index (χ4n) is 1.80. The average molecular weight is 271 g/mol. The Labute approximate surface area is 117 Å². The number of ether oxygens (including phenoxy) is 2. The van der Waals surface area contributed by atoms with Crippen LogP contribution in [-0.2, 0) is 6.54 Å². The molecule has 0 aliphatic heterocycles. The average Bonchev–Trinajstić information content (AvgIpc) is 3.32. The molecule has 1 saturated carbocycles. The number of rotatable bonds is 6. The third-order valence-electron chi connectivity index (χ3n) is 3.13. The van der Waals surface area contributed by atoms with Crippen LogP contribution in [0.3, 0.4) is 0 Å². The van der Waals surface area contributed by atoms with Crippen LogP contribution in [0.25, 0.3) is 0 Å². The van der Waals surface area contributed by atoms with Crippen LogP contribution in [0, 0.1) is 0 Å². The summed E-state index contributed by atoms with van der Waals surface area (Å²) in [5.41, 5.74) is 0.930. The minimum atomic E-state index is 0.491. The van der Waals surface area contributed by atoms with E-state index in [2.05, 4.69) is 15.5 Å². The number of methoxy groups -OCH3 is 1. The van der Waals surface area contributed by atoms with E-state index in [9.17, 15) is 0 Å². The number of nitrogens with zero attached hydrogens (tertiary/aromatic N) is 2. The van der Waals surface area contributed by atoms with Crippen molar-refractivity contribution in [2.24, 2.45) is 0 Å². The van der Waals surface area contributed by atoms with Gasteiger partial charge in [0.25, 0.3) is 0 Å². The van der Waals surface area contributed by atoms with Gasteiger partial charge in [-0.2, -0.15) is 5.10 Å². The first kappa shape index (κ1) is 12.9. The van der Waals surface area contributed by atoms with Crippen molar-refractivity contribution in [2.75, 3.05) is 7.11 Å². The van der Waals surface area contributed by atoms with Crippen molar-refractivity contribution in [3.8, 4) is 17.4 Å². The van der Waals surface area contributed by atoms with Crippen LogP contribution in [0.15, 0.2) is 36.4 Å². The van der Waals surface area contributed by atoms with Gasteiger partial charge in [-0.25, -0.2) is 0 Å². The van der Waals surface area contributed by atoms with E-state index in [0.29, 0.717) is 17.7 Å². The van der Waals surface area contributed by atoms with Crippen molar-refractivity contribution in [1.82, 2.24) is 15.5 Å². The lowest BCUT2D eigenvalue weighted by molar-refractivity contribution is 0.411. The van der Waals surface area contributed by atoms with Gasteiger partial charge < -0.3 is 14.8 Å². The number of aromatic nitrogens is 2. The van der Waals surface area contributed by atoms with E-state index >= 15 is 0 Å². The van der Waals surface area contributed by atoms with E-state index in [1.807, 2.05) is 36.4 Å². The second kappa shape index (κ2) is 5.88. The monoisotopic (exact) mass is 271 g/mol. The molecule has 5 heteroatoms. The van der Waals surface area contributed by atoms with Crippen molar-refractivity contribution >= 4 is 0 Å². The smallest absolute Gasteiger partial charge is 0.238 e. The van der Waals surface area contributed by atoms with E-state index in [1.54, 1.807) is 7.11 Å². The third kappa shape index (κ3) is 3.45. The molecule has 0 bridgehead atoms. The molecule has 104 valence electrons. The predicted molar refractivity (Wildman–Crippen MR) is 75.0 cm³/mol. The van der Waals surface area contributed by atoms with Gasteiger partial charge in [-0.3, -0.25) is 0 Å². The highest BCUT2D eigenvalue weighted by Crippen LogP contribution is 2.22. The van der Waals surface area contributed by atoms with Crippen LogP contribution in [0.2, 0.25) is 0 Å². The normalized spacial score (nSPS) is 14.1. The molecule has 5 nitrogen and oxygen atoms in total. The summed E-state index contributed by atoms with van der Waals surface area (Å²) >= 11 is 0. The molecule has 1 aromatic heterocycles. The molecule has 0 saturated heterocycles. The second-order valence-corrected chi connectivity index (χ2v) is 4.80. The Bertz CT molecular complexity index is 550. The number of nitrogens with one attached hydrogen (secondary N) is 1. The Morgan fingerprint density at radius 3 is 2.40 bits per heavy atom. The molecule has 0 radical (unpaired) electrons. The Morgan fingerprint density at radius 2 is 1.80 bits per heavy atom. The van der Waals surface area contributed by atoms with Crippen LogP contribution < -0.4 is 14.8 Å². The van der Waals surface area contributed by atoms with Crippen molar-refractivity contribution in [2.45, 2.75) is 25.4 Å². The highest BCUT2D eigenvalue weighted by atomic mass is 16.5. The van der Waals surface area contributed by atoms with Crippen LogP contribution in [0.5, 0.6) is 17.4 Å². The molecular formula is C15H17N3O2. The summed E-state index contributed by atoms with van der Waals surface area (Å²) in [6.07, 6.45) is 2.54. The lowest BCUT2D eigenvalue weighted by Gasteiger charge is -2.06. The number of hydrogen-bond acceptors (Lipinski definition) is 5. The van der Waals surface area contributed by atoms with Crippen molar-refractivity contribution < 1.29 is 9.47 Å². The van der Waals surface area contributed by atoms with Gasteiger partial charge in [0.05, 0.1) is 12.8 Å². The van der Waals surface area contributed by atoms with Gasteiger partial charge in [0.15, 0.2) is 0 Å². The Balaban J connectivity index is 1.58. The van der Waals surface area contributed by atoms with Crippen molar-refractivity contribution in [3.05, 3.63) is 42.1 Å². The molecule has 1 heterocycles. The summed E-state index contributed by atoms with van der Waals surface area (Å²) < 4.78 is 10.7. The van der Waals surface area contributed by atoms with Gasteiger partial charge in [-0.1, -0.05) is 0 Å². The fourth-order valence-corrected chi connectivity index (χ4v) is 1.80. The summed E-state index contributed by atoms with van der Waals surface area (Å²) in [5.74, 6) is 2.00. The molecular weight excluding hydrogens is 254 g/mol. The maximum Gasteiger partial charge on any atom is 0.238 e. The summed E-state index contributed by atoms with van der Waals surface area (Å²) in [5, 5.41) is 11.6. The first-order valence-electron chi connectivity index (χ1n) is 6.71. The molecule has 1 N–H and O–H groups in total. The quantitative estimate of drug-likeness (QED) is 0.875. The minimum absolute atomic E-state index is 0.491. The van der Waals surface area contributed by atoms with E-state index < -0.39 is 0 Å². The van der Waals surface area contributed by atoms with Crippen LogP contribution in [-0.4, -0.2) is 23.3 Å². The van der Waals surface area contributed by atoms with Crippen LogP contribution >= 0.6 is 0 Å².